The molecule has 2 rings (SSSR count). The second-order valence-electron chi connectivity index (χ2n) is 4.21. The second kappa shape index (κ2) is 5.48. The standard InChI is InChI=1S/C14H11FN2O3/c1-9-2-4-12(15)13(6-9)16-8-10-7-11(17(19)20)3-5-14(10)18/h2-8,18H,1H3. The van der Waals surface area contributed by atoms with Crippen LogP contribution < -0.4 is 0 Å². The molecule has 2 aromatic rings. The molecule has 1 N–H and O–H groups in total. The van der Waals surface area contributed by atoms with Crippen LogP contribution in [-0.4, -0.2) is 16.2 Å². The maximum Gasteiger partial charge on any atom is 0.270 e. The molecule has 0 unspecified atom stereocenters. The van der Waals surface area contributed by atoms with E-state index in [-0.39, 0.29) is 22.7 Å². The molecule has 0 saturated heterocycles. The molecule has 0 heterocycles. The molecule has 0 spiro atoms. The highest BCUT2D eigenvalue weighted by Gasteiger charge is 2.09. The molecule has 6 heteroatoms. The summed E-state index contributed by atoms with van der Waals surface area (Å²) in [5.41, 5.74) is 0.923. The Bertz CT molecular complexity index is 699. The van der Waals surface area contributed by atoms with E-state index in [9.17, 15) is 19.6 Å². The van der Waals surface area contributed by atoms with Crippen molar-refractivity contribution in [2.75, 3.05) is 0 Å². The zero-order valence-corrected chi connectivity index (χ0v) is 10.6. The van der Waals surface area contributed by atoms with Gasteiger partial charge in [0.2, 0.25) is 0 Å². The van der Waals surface area contributed by atoms with E-state index in [1.807, 2.05) is 0 Å². The number of nitro groups is 1. The molecule has 0 fully saturated rings. The molecule has 102 valence electrons. The molecule has 0 radical (unpaired) electrons. The van der Waals surface area contributed by atoms with E-state index >= 15 is 0 Å². The largest absolute Gasteiger partial charge is 0.507 e. The highest BCUT2D eigenvalue weighted by molar-refractivity contribution is 5.86. The molecule has 0 saturated carbocycles. The maximum absolute atomic E-state index is 13.5. The van der Waals surface area contributed by atoms with Gasteiger partial charge in [-0.3, -0.25) is 15.1 Å². The molecule has 0 atom stereocenters. The Morgan fingerprint density at radius 3 is 2.75 bits per heavy atom. The van der Waals surface area contributed by atoms with Crippen LogP contribution in [0.5, 0.6) is 5.75 Å². The van der Waals surface area contributed by atoms with Crippen LogP contribution in [0.4, 0.5) is 15.8 Å². The Morgan fingerprint density at radius 1 is 1.30 bits per heavy atom. The predicted octanol–water partition coefficient (Wildman–Crippen LogP) is 3.50. The number of rotatable bonds is 3. The summed E-state index contributed by atoms with van der Waals surface area (Å²) in [6, 6.07) is 7.99. The van der Waals surface area contributed by atoms with E-state index in [2.05, 4.69) is 4.99 Å². The van der Waals surface area contributed by atoms with Crippen molar-refractivity contribution < 1.29 is 14.4 Å². The van der Waals surface area contributed by atoms with Crippen LogP contribution in [0, 0.1) is 22.9 Å². The fourth-order valence-corrected chi connectivity index (χ4v) is 1.62. The van der Waals surface area contributed by atoms with Gasteiger partial charge in [-0.1, -0.05) is 6.07 Å². The van der Waals surface area contributed by atoms with Gasteiger partial charge in [-0.25, -0.2) is 4.39 Å². The first-order valence-corrected chi connectivity index (χ1v) is 5.75. The van der Waals surface area contributed by atoms with Gasteiger partial charge >= 0.3 is 0 Å². The fourth-order valence-electron chi connectivity index (χ4n) is 1.62. The molecule has 2 aromatic carbocycles. The van der Waals surface area contributed by atoms with Crippen molar-refractivity contribution in [3.63, 3.8) is 0 Å². The maximum atomic E-state index is 13.5. The van der Waals surface area contributed by atoms with E-state index in [1.165, 1.54) is 30.5 Å². The van der Waals surface area contributed by atoms with Gasteiger partial charge in [0.25, 0.3) is 5.69 Å². The second-order valence-corrected chi connectivity index (χ2v) is 4.21. The number of phenols is 1. The summed E-state index contributed by atoms with van der Waals surface area (Å²) >= 11 is 0. The number of hydrogen-bond donors (Lipinski definition) is 1. The monoisotopic (exact) mass is 274 g/mol. The Morgan fingerprint density at radius 2 is 2.05 bits per heavy atom. The first kappa shape index (κ1) is 13.7. The average molecular weight is 274 g/mol. The third-order valence-electron chi connectivity index (χ3n) is 2.67. The number of hydrogen-bond acceptors (Lipinski definition) is 4. The van der Waals surface area contributed by atoms with E-state index in [1.54, 1.807) is 19.1 Å². The van der Waals surface area contributed by atoms with Crippen LogP contribution in [0.25, 0.3) is 0 Å². The summed E-state index contributed by atoms with van der Waals surface area (Å²) < 4.78 is 13.5. The van der Waals surface area contributed by atoms with Gasteiger partial charge in [0, 0.05) is 23.9 Å². The minimum atomic E-state index is -0.579. The van der Waals surface area contributed by atoms with Gasteiger partial charge < -0.3 is 5.11 Å². The summed E-state index contributed by atoms with van der Waals surface area (Å²) in [4.78, 5) is 14.0. The number of phenolic OH excluding ortho intramolecular Hbond substituents is 1. The summed E-state index contributed by atoms with van der Waals surface area (Å²) in [7, 11) is 0. The molecule has 0 bridgehead atoms. The summed E-state index contributed by atoms with van der Waals surface area (Å²) in [6.45, 7) is 1.79. The van der Waals surface area contributed by atoms with Crippen LogP contribution in [0.3, 0.4) is 0 Å². The Hall–Kier alpha value is -2.76. The number of nitrogens with zero attached hydrogens (tertiary/aromatic N) is 2. The van der Waals surface area contributed by atoms with Crippen LogP contribution in [0.15, 0.2) is 41.4 Å². The Balaban J connectivity index is 2.38. The number of halogens is 1. The average Bonchev–Trinajstić information content (AvgIpc) is 2.41. The van der Waals surface area contributed by atoms with E-state index in [0.29, 0.717) is 0 Å². The van der Waals surface area contributed by atoms with E-state index in [0.717, 1.165) is 5.56 Å². The summed E-state index contributed by atoms with van der Waals surface area (Å²) in [5, 5.41) is 20.3. The Labute approximate surface area is 114 Å². The van der Waals surface area contributed by atoms with Crippen molar-refractivity contribution in [2.45, 2.75) is 6.92 Å². The normalized spacial score (nSPS) is 10.9. The summed E-state index contributed by atoms with van der Waals surface area (Å²) in [6.07, 6.45) is 1.19. The van der Waals surface area contributed by atoms with Crippen molar-refractivity contribution in [2.24, 2.45) is 4.99 Å². The molecule has 0 aliphatic rings. The number of non-ortho nitro benzene ring substituents is 1. The lowest BCUT2D eigenvalue weighted by Crippen LogP contribution is -1.90. The first-order valence-electron chi connectivity index (χ1n) is 5.75. The highest BCUT2D eigenvalue weighted by atomic mass is 19.1. The number of aliphatic imine (C=N–C) groups is 1. The van der Waals surface area contributed by atoms with Crippen molar-refractivity contribution in [1.29, 1.82) is 0 Å². The lowest BCUT2D eigenvalue weighted by Gasteiger charge is -2.00. The molecular weight excluding hydrogens is 263 g/mol. The van der Waals surface area contributed by atoms with Crippen molar-refractivity contribution in [3.8, 4) is 5.75 Å². The molecular formula is C14H11FN2O3. The minimum absolute atomic E-state index is 0.107. The van der Waals surface area contributed by atoms with Crippen LogP contribution in [0.2, 0.25) is 0 Å². The predicted molar refractivity (Wildman–Crippen MR) is 73.2 cm³/mol. The first-order chi connectivity index (χ1) is 9.47. The third kappa shape index (κ3) is 2.97. The van der Waals surface area contributed by atoms with Gasteiger partial charge in [0.1, 0.15) is 11.6 Å². The van der Waals surface area contributed by atoms with Gasteiger partial charge in [-0.2, -0.15) is 0 Å². The SMILES string of the molecule is Cc1ccc(F)c(N=Cc2cc([N+](=O)[O-])ccc2O)c1. The van der Waals surface area contributed by atoms with Crippen molar-refractivity contribution in [3.05, 3.63) is 63.5 Å². The molecule has 20 heavy (non-hydrogen) atoms. The molecule has 0 amide bonds. The zero-order valence-electron chi connectivity index (χ0n) is 10.6. The van der Waals surface area contributed by atoms with E-state index < -0.39 is 10.7 Å². The van der Waals surface area contributed by atoms with Gasteiger partial charge in [-0.05, 0) is 30.7 Å². The van der Waals surface area contributed by atoms with Crippen LogP contribution >= 0.6 is 0 Å². The quantitative estimate of drug-likeness (QED) is 0.528. The third-order valence-corrected chi connectivity index (χ3v) is 2.67. The topological polar surface area (TPSA) is 75.7 Å². The van der Waals surface area contributed by atoms with Gasteiger partial charge in [-0.15, -0.1) is 0 Å². The Kier molecular flexibility index (Phi) is 3.74. The smallest absolute Gasteiger partial charge is 0.270 e. The van der Waals surface area contributed by atoms with Crippen molar-refractivity contribution >= 4 is 17.6 Å². The van der Waals surface area contributed by atoms with Crippen LogP contribution in [-0.2, 0) is 0 Å². The van der Waals surface area contributed by atoms with Crippen LogP contribution in [0.1, 0.15) is 11.1 Å². The van der Waals surface area contributed by atoms with Gasteiger partial charge in [0.05, 0.1) is 10.6 Å². The highest BCUT2D eigenvalue weighted by Crippen LogP contribution is 2.23. The van der Waals surface area contributed by atoms with Crippen molar-refractivity contribution in [1.82, 2.24) is 0 Å². The zero-order chi connectivity index (χ0) is 14.7. The minimum Gasteiger partial charge on any atom is -0.507 e. The number of benzene rings is 2. The van der Waals surface area contributed by atoms with Gasteiger partial charge in [0.15, 0.2) is 0 Å². The lowest BCUT2D eigenvalue weighted by molar-refractivity contribution is -0.384. The number of aryl methyl sites for hydroxylation is 1. The lowest BCUT2D eigenvalue weighted by atomic mass is 10.2. The molecule has 0 aromatic heterocycles. The molecule has 0 aliphatic heterocycles. The summed E-state index contributed by atoms with van der Waals surface area (Å²) in [5.74, 6) is -0.663. The fraction of sp³-hybridized carbons (Fsp3) is 0.0714. The molecule has 0 aliphatic carbocycles. The molecule has 5 nitrogen and oxygen atoms in total. The number of nitro benzene ring substituents is 1. The number of aromatic hydroxyl groups is 1. The van der Waals surface area contributed by atoms with E-state index in [4.69, 9.17) is 0 Å².